The first kappa shape index (κ1) is 24.4. The molecule has 1 N–H and O–H groups in total. The predicted molar refractivity (Wildman–Crippen MR) is 127 cm³/mol. The highest BCUT2D eigenvalue weighted by atomic mass is 16.6. The van der Waals surface area contributed by atoms with Crippen LogP contribution in [0, 0.1) is 0 Å². The third-order valence-electron chi connectivity index (χ3n) is 5.91. The number of methoxy groups -OCH3 is 2. The number of carbonyl (C=O) groups excluding carboxylic acids is 2. The second-order valence-corrected chi connectivity index (χ2v) is 8.04. The van der Waals surface area contributed by atoms with Gasteiger partial charge in [0.15, 0.2) is 23.0 Å². The highest BCUT2D eigenvalue weighted by molar-refractivity contribution is 6.46. The lowest BCUT2D eigenvalue weighted by molar-refractivity contribution is -0.140. The third-order valence-corrected chi connectivity index (χ3v) is 5.91. The van der Waals surface area contributed by atoms with Gasteiger partial charge in [-0.3, -0.25) is 9.59 Å². The molecule has 1 unspecified atom stereocenters. The predicted octanol–water partition coefficient (Wildman–Crippen LogP) is 3.32. The largest absolute Gasteiger partial charge is 0.507 e. The molecule has 0 radical (unpaired) electrons. The van der Waals surface area contributed by atoms with Crippen LogP contribution in [-0.4, -0.2) is 68.9 Å². The molecule has 0 spiro atoms. The van der Waals surface area contributed by atoms with E-state index in [4.69, 9.17) is 23.7 Å². The summed E-state index contributed by atoms with van der Waals surface area (Å²) in [6.45, 7) is 3.83. The highest BCUT2D eigenvalue weighted by Gasteiger charge is 2.46. The number of carbonyl (C=O) groups is 2. The SMILES string of the molecule is CCOc1ccc(C2C(=C(O)c3ccc4c(c3)OCCO4)C(=O)C(=O)N2CCCOC)cc1OC. The first-order chi connectivity index (χ1) is 17.0. The van der Waals surface area contributed by atoms with E-state index in [1.165, 1.54) is 12.0 Å². The van der Waals surface area contributed by atoms with Crippen molar-refractivity contribution in [2.24, 2.45) is 0 Å². The first-order valence-corrected chi connectivity index (χ1v) is 11.5. The van der Waals surface area contributed by atoms with Crippen LogP contribution in [0.5, 0.6) is 23.0 Å². The van der Waals surface area contributed by atoms with E-state index in [-0.39, 0.29) is 17.9 Å². The molecule has 35 heavy (non-hydrogen) atoms. The molecule has 1 fully saturated rings. The van der Waals surface area contributed by atoms with Crippen molar-refractivity contribution in [3.63, 3.8) is 0 Å². The van der Waals surface area contributed by atoms with Crippen molar-refractivity contribution in [3.05, 3.63) is 53.1 Å². The smallest absolute Gasteiger partial charge is 0.295 e. The molecule has 2 aliphatic rings. The fourth-order valence-electron chi connectivity index (χ4n) is 4.31. The Morgan fingerprint density at radius 1 is 1.06 bits per heavy atom. The van der Waals surface area contributed by atoms with Gasteiger partial charge in [-0.25, -0.2) is 0 Å². The molecule has 9 nitrogen and oxygen atoms in total. The van der Waals surface area contributed by atoms with E-state index in [2.05, 4.69) is 0 Å². The molecular weight excluding hydrogens is 454 g/mol. The van der Waals surface area contributed by atoms with Crippen molar-refractivity contribution in [2.45, 2.75) is 19.4 Å². The Bertz CT molecular complexity index is 1140. The van der Waals surface area contributed by atoms with Crippen LogP contribution in [0.15, 0.2) is 42.0 Å². The van der Waals surface area contributed by atoms with Gasteiger partial charge in [-0.1, -0.05) is 6.07 Å². The Kier molecular flexibility index (Phi) is 7.45. The van der Waals surface area contributed by atoms with Gasteiger partial charge in [0.2, 0.25) is 0 Å². The minimum absolute atomic E-state index is 0.00434. The number of ether oxygens (including phenoxy) is 5. The standard InChI is InChI=1S/C26H29NO8/c1-4-33-18-8-6-16(14-20(18)32-3)23-22(25(29)26(30)27(23)10-5-11-31-2)24(28)17-7-9-19-21(15-17)35-13-12-34-19/h6-9,14-15,23,28H,4-5,10-13H2,1-3H3. The van der Waals surface area contributed by atoms with Crippen LogP contribution in [0.4, 0.5) is 0 Å². The molecule has 1 atom stereocenters. The molecule has 9 heteroatoms. The van der Waals surface area contributed by atoms with Gasteiger partial charge in [0, 0.05) is 25.8 Å². The maximum absolute atomic E-state index is 13.2. The fraction of sp³-hybridized carbons (Fsp3) is 0.385. The summed E-state index contributed by atoms with van der Waals surface area (Å²) in [6.07, 6.45) is 0.526. The van der Waals surface area contributed by atoms with Gasteiger partial charge in [0.05, 0.1) is 25.3 Å². The Morgan fingerprint density at radius 3 is 2.54 bits per heavy atom. The number of likely N-dealkylation sites (tertiary alicyclic amines) is 1. The maximum Gasteiger partial charge on any atom is 0.295 e. The number of hydrogen-bond donors (Lipinski definition) is 1. The molecule has 4 rings (SSSR count). The quantitative estimate of drug-likeness (QED) is 0.251. The Morgan fingerprint density at radius 2 is 1.83 bits per heavy atom. The van der Waals surface area contributed by atoms with Crippen LogP contribution in [0.1, 0.15) is 30.5 Å². The van der Waals surface area contributed by atoms with Crippen LogP contribution in [-0.2, 0) is 14.3 Å². The first-order valence-electron chi connectivity index (χ1n) is 11.5. The normalized spacial score (nSPS) is 18.6. The van der Waals surface area contributed by atoms with Gasteiger partial charge in [-0.05, 0) is 49.2 Å². The zero-order valence-corrected chi connectivity index (χ0v) is 20.0. The topological polar surface area (TPSA) is 104 Å². The molecule has 2 aliphatic heterocycles. The number of aliphatic hydroxyl groups excluding tert-OH is 1. The molecule has 0 aromatic heterocycles. The lowest BCUT2D eigenvalue weighted by atomic mass is 9.94. The van der Waals surface area contributed by atoms with E-state index in [1.807, 2.05) is 6.92 Å². The van der Waals surface area contributed by atoms with Crippen molar-refractivity contribution in [1.29, 1.82) is 0 Å². The minimum Gasteiger partial charge on any atom is -0.507 e. The van der Waals surface area contributed by atoms with Crippen molar-refractivity contribution in [2.75, 3.05) is 47.2 Å². The summed E-state index contributed by atoms with van der Waals surface area (Å²) in [5.41, 5.74) is 0.961. The van der Waals surface area contributed by atoms with Crippen LogP contribution < -0.4 is 18.9 Å². The van der Waals surface area contributed by atoms with Gasteiger partial charge >= 0.3 is 0 Å². The summed E-state index contributed by atoms with van der Waals surface area (Å²) in [4.78, 5) is 27.7. The third kappa shape index (κ3) is 4.77. The van der Waals surface area contributed by atoms with E-state index in [9.17, 15) is 14.7 Å². The number of ketones is 1. The molecule has 0 saturated carbocycles. The monoisotopic (exact) mass is 483 g/mol. The summed E-state index contributed by atoms with van der Waals surface area (Å²) in [7, 11) is 3.09. The molecule has 1 saturated heterocycles. The molecule has 0 aliphatic carbocycles. The zero-order chi connectivity index (χ0) is 24.9. The van der Waals surface area contributed by atoms with E-state index in [0.29, 0.717) is 67.0 Å². The number of aliphatic hydroxyl groups is 1. The number of rotatable bonds is 9. The van der Waals surface area contributed by atoms with Gasteiger partial charge in [-0.15, -0.1) is 0 Å². The molecule has 2 aromatic rings. The van der Waals surface area contributed by atoms with E-state index in [1.54, 1.807) is 43.5 Å². The van der Waals surface area contributed by atoms with E-state index >= 15 is 0 Å². The summed E-state index contributed by atoms with van der Waals surface area (Å²) in [5, 5.41) is 11.3. The van der Waals surface area contributed by atoms with Crippen LogP contribution in [0.25, 0.3) is 5.76 Å². The average molecular weight is 484 g/mol. The lowest BCUT2D eigenvalue weighted by Gasteiger charge is -2.26. The van der Waals surface area contributed by atoms with Gasteiger partial charge in [0.25, 0.3) is 11.7 Å². The van der Waals surface area contributed by atoms with Crippen LogP contribution in [0.2, 0.25) is 0 Å². The van der Waals surface area contributed by atoms with Crippen LogP contribution >= 0.6 is 0 Å². The summed E-state index contributed by atoms with van der Waals surface area (Å²) in [6, 6.07) is 9.33. The summed E-state index contributed by atoms with van der Waals surface area (Å²) >= 11 is 0. The number of fused-ring (bicyclic) bond motifs is 1. The second kappa shape index (κ2) is 10.7. The average Bonchev–Trinajstić information content (AvgIpc) is 3.13. The van der Waals surface area contributed by atoms with Crippen molar-refractivity contribution in [3.8, 4) is 23.0 Å². The number of nitrogens with zero attached hydrogens (tertiary/aromatic N) is 1. The fourth-order valence-corrected chi connectivity index (χ4v) is 4.31. The molecule has 1 amide bonds. The van der Waals surface area contributed by atoms with Gasteiger partial charge in [-0.2, -0.15) is 0 Å². The van der Waals surface area contributed by atoms with Crippen molar-refractivity contribution >= 4 is 17.4 Å². The van der Waals surface area contributed by atoms with E-state index < -0.39 is 17.7 Å². The zero-order valence-electron chi connectivity index (χ0n) is 20.0. The Balaban J connectivity index is 1.82. The molecule has 2 aromatic carbocycles. The van der Waals surface area contributed by atoms with Gasteiger partial charge < -0.3 is 33.7 Å². The number of Topliss-reactive ketones (excluding diaryl/α,β-unsaturated/α-hetero) is 1. The second-order valence-electron chi connectivity index (χ2n) is 8.04. The lowest BCUT2D eigenvalue weighted by Crippen LogP contribution is -2.31. The molecule has 186 valence electrons. The number of amides is 1. The van der Waals surface area contributed by atoms with Gasteiger partial charge in [0.1, 0.15) is 19.0 Å². The highest BCUT2D eigenvalue weighted by Crippen LogP contribution is 2.43. The Hall–Kier alpha value is -3.72. The summed E-state index contributed by atoms with van der Waals surface area (Å²) in [5.74, 6) is 0.306. The minimum atomic E-state index is -0.815. The molecule has 2 heterocycles. The number of benzene rings is 2. The van der Waals surface area contributed by atoms with Crippen molar-refractivity contribution < 1.29 is 38.4 Å². The number of hydrogen-bond acceptors (Lipinski definition) is 8. The summed E-state index contributed by atoms with van der Waals surface area (Å²) < 4.78 is 27.4. The maximum atomic E-state index is 13.2. The molecule has 0 bridgehead atoms. The van der Waals surface area contributed by atoms with Crippen LogP contribution in [0.3, 0.4) is 0 Å². The Labute approximate surface area is 203 Å². The van der Waals surface area contributed by atoms with E-state index in [0.717, 1.165) is 0 Å². The van der Waals surface area contributed by atoms with Crippen molar-refractivity contribution in [1.82, 2.24) is 4.90 Å². The molecular formula is C26H29NO8.